The molecule has 1 aromatic heterocycles. The lowest BCUT2D eigenvalue weighted by molar-refractivity contribution is -0.115. The number of hydrogen-bond donors (Lipinski definition) is 0. The highest BCUT2D eigenvalue weighted by Gasteiger charge is 2.22. The van der Waals surface area contributed by atoms with Gasteiger partial charge in [-0.15, -0.1) is 11.3 Å². The molecular weight excluding hydrogens is 452 g/mol. The molecule has 0 saturated heterocycles. The fraction of sp³-hybridized carbons (Fsp3) is 0.261. The van der Waals surface area contributed by atoms with Crippen LogP contribution in [-0.4, -0.2) is 30.1 Å². The molecule has 2 heterocycles. The fourth-order valence-corrected chi connectivity index (χ4v) is 4.51. The van der Waals surface area contributed by atoms with E-state index in [1.165, 1.54) is 24.3 Å². The lowest BCUT2D eigenvalue weighted by atomic mass is 10.1. The van der Waals surface area contributed by atoms with Gasteiger partial charge in [-0.25, -0.2) is 9.78 Å². The number of carbonyl (C=O) groups is 2. The predicted octanol–water partition coefficient (Wildman–Crippen LogP) is 5.23. The standard InChI is InChI=1S/C23H21ClN2O5S/c1-13-4-5-19(14(2)8-13)26(15(3)27)23-25-17(12-32-23)11-31-22(28)16-9-18(24)21-20(10-16)29-6-7-30-21/h4-5,8-10,12H,6-7,11H2,1-3H3. The Kier molecular flexibility index (Phi) is 6.34. The van der Waals surface area contributed by atoms with Crippen molar-refractivity contribution in [2.75, 3.05) is 18.1 Å². The molecule has 2 aromatic carbocycles. The van der Waals surface area contributed by atoms with Gasteiger partial charge in [0.15, 0.2) is 16.6 Å². The van der Waals surface area contributed by atoms with E-state index < -0.39 is 5.97 Å². The number of anilines is 2. The molecule has 4 rings (SSSR count). The molecule has 0 unspecified atom stereocenters. The van der Waals surface area contributed by atoms with Crippen LogP contribution in [0.25, 0.3) is 0 Å². The van der Waals surface area contributed by atoms with E-state index in [2.05, 4.69) is 4.98 Å². The number of halogens is 1. The Balaban J connectivity index is 1.49. The van der Waals surface area contributed by atoms with Crippen molar-refractivity contribution in [3.63, 3.8) is 0 Å². The number of esters is 1. The summed E-state index contributed by atoms with van der Waals surface area (Å²) in [6.45, 7) is 6.19. The minimum atomic E-state index is -0.559. The van der Waals surface area contributed by atoms with Crippen molar-refractivity contribution >= 4 is 45.6 Å². The van der Waals surface area contributed by atoms with Crippen molar-refractivity contribution in [3.05, 3.63) is 63.1 Å². The van der Waals surface area contributed by atoms with Gasteiger partial charge >= 0.3 is 5.97 Å². The van der Waals surface area contributed by atoms with E-state index in [4.69, 9.17) is 25.8 Å². The summed E-state index contributed by atoms with van der Waals surface area (Å²) in [6, 6.07) is 8.90. The number of thiazole rings is 1. The van der Waals surface area contributed by atoms with E-state index in [0.717, 1.165) is 16.8 Å². The van der Waals surface area contributed by atoms with Gasteiger partial charge in [0.1, 0.15) is 19.8 Å². The van der Waals surface area contributed by atoms with Gasteiger partial charge in [0.05, 0.1) is 22.0 Å². The SMILES string of the molecule is CC(=O)N(c1nc(COC(=O)c2cc(Cl)c3c(c2)OCCO3)cs1)c1ccc(C)cc1C. The van der Waals surface area contributed by atoms with Gasteiger partial charge in [-0.1, -0.05) is 29.3 Å². The predicted molar refractivity (Wildman–Crippen MR) is 122 cm³/mol. The molecule has 7 nitrogen and oxygen atoms in total. The number of rotatable bonds is 5. The van der Waals surface area contributed by atoms with Crippen LogP contribution in [0.5, 0.6) is 11.5 Å². The lowest BCUT2D eigenvalue weighted by Crippen LogP contribution is -2.23. The fourth-order valence-electron chi connectivity index (χ4n) is 3.38. The summed E-state index contributed by atoms with van der Waals surface area (Å²) < 4.78 is 16.4. The van der Waals surface area contributed by atoms with Crippen LogP contribution in [0.1, 0.15) is 34.1 Å². The van der Waals surface area contributed by atoms with Crippen molar-refractivity contribution in [2.45, 2.75) is 27.4 Å². The normalized spacial score (nSPS) is 12.4. The lowest BCUT2D eigenvalue weighted by Gasteiger charge is -2.20. The van der Waals surface area contributed by atoms with Crippen molar-refractivity contribution in [1.29, 1.82) is 0 Å². The highest BCUT2D eigenvalue weighted by Crippen LogP contribution is 2.38. The number of amides is 1. The Hall–Kier alpha value is -3.10. The maximum Gasteiger partial charge on any atom is 0.338 e. The third kappa shape index (κ3) is 4.56. The van der Waals surface area contributed by atoms with Crippen LogP contribution in [0, 0.1) is 13.8 Å². The first-order valence-corrected chi connectivity index (χ1v) is 11.2. The van der Waals surface area contributed by atoms with E-state index in [1.807, 2.05) is 32.0 Å². The number of aromatic nitrogens is 1. The van der Waals surface area contributed by atoms with Gasteiger partial charge in [0, 0.05) is 12.3 Å². The van der Waals surface area contributed by atoms with Gasteiger partial charge < -0.3 is 14.2 Å². The molecule has 1 amide bonds. The molecule has 1 aliphatic heterocycles. The number of fused-ring (bicyclic) bond motifs is 1. The van der Waals surface area contributed by atoms with Gasteiger partial charge in [0.25, 0.3) is 0 Å². The quantitative estimate of drug-likeness (QED) is 0.473. The highest BCUT2D eigenvalue weighted by atomic mass is 35.5. The summed E-state index contributed by atoms with van der Waals surface area (Å²) in [4.78, 5) is 31.0. The average Bonchev–Trinajstić information content (AvgIpc) is 3.22. The minimum absolute atomic E-state index is 0.0416. The molecule has 166 valence electrons. The molecular formula is C23H21ClN2O5S. The number of carbonyl (C=O) groups excluding carboxylic acids is 2. The molecule has 0 N–H and O–H groups in total. The molecule has 0 atom stereocenters. The maximum atomic E-state index is 12.5. The molecule has 0 aliphatic carbocycles. The van der Waals surface area contributed by atoms with Gasteiger partial charge in [0.2, 0.25) is 5.91 Å². The van der Waals surface area contributed by atoms with Crippen molar-refractivity contribution in [3.8, 4) is 11.5 Å². The molecule has 9 heteroatoms. The molecule has 0 bridgehead atoms. The molecule has 0 spiro atoms. The third-order valence-electron chi connectivity index (χ3n) is 4.82. The van der Waals surface area contributed by atoms with Crippen LogP contribution < -0.4 is 14.4 Å². The number of ether oxygens (including phenoxy) is 3. The zero-order chi connectivity index (χ0) is 22.8. The van der Waals surface area contributed by atoms with Gasteiger partial charge in [-0.05, 0) is 37.6 Å². The zero-order valence-electron chi connectivity index (χ0n) is 17.8. The van der Waals surface area contributed by atoms with E-state index >= 15 is 0 Å². The summed E-state index contributed by atoms with van der Waals surface area (Å²) in [7, 11) is 0. The van der Waals surface area contributed by atoms with Crippen molar-refractivity contribution in [2.24, 2.45) is 0 Å². The summed E-state index contributed by atoms with van der Waals surface area (Å²) in [6.07, 6.45) is 0. The van der Waals surface area contributed by atoms with E-state index in [0.29, 0.717) is 35.5 Å². The summed E-state index contributed by atoms with van der Waals surface area (Å²) in [5.74, 6) is 0.128. The Morgan fingerprint density at radius 2 is 1.97 bits per heavy atom. The Morgan fingerprint density at radius 3 is 2.72 bits per heavy atom. The first-order valence-electron chi connectivity index (χ1n) is 9.92. The number of hydrogen-bond acceptors (Lipinski definition) is 7. The monoisotopic (exact) mass is 472 g/mol. The first kappa shape index (κ1) is 22.1. The third-order valence-corrected chi connectivity index (χ3v) is 5.98. The second-order valence-electron chi connectivity index (χ2n) is 7.32. The molecule has 1 aliphatic rings. The summed E-state index contributed by atoms with van der Waals surface area (Å²) in [5, 5.41) is 2.56. The first-order chi connectivity index (χ1) is 15.3. The number of nitrogens with zero attached hydrogens (tertiary/aromatic N) is 2. The van der Waals surface area contributed by atoms with Gasteiger partial charge in [-0.2, -0.15) is 0 Å². The largest absolute Gasteiger partial charge is 0.486 e. The Bertz CT molecular complexity index is 1190. The topological polar surface area (TPSA) is 78.0 Å². The molecule has 32 heavy (non-hydrogen) atoms. The maximum absolute atomic E-state index is 12.5. The molecule has 0 saturated carbocycles. The molecule has 3 aromatic rings. The van der Waals surface area contributed by atoms with Crippen molar-refractivity contribution in [1.82, 2.24) is 4.98 Å². The molecule has 0 fully saturated rings. The highest BCUT2D eigenvalue weighted by molar-refractivity contribution is 7.14. The van der Waals surface area contributed by atoms with Crippen LogP contribution in [0.15, 0.2) is 35.7 Å². The number of benzene rings is 2. The Labute approximate surface area is 194 Å². The smallest absolute Gasteiger partial charge is 0.338 e. The van der Waals surface area contributed by atoms with Gasteiger partial charge in [-0.3, -0.25) is 9.69 Å². The molecule has 0 radical (unpaired) electrons. The second-order valence-corrected chi connectivity index (χ2v) is 8.57. The Morgan fingerprint density at radius 1 is 1.19 bits per heavy atom. The van der Waals surface area contributed by atoms with E-state index in [9.17, 15) is 9.59 Å². The van der Waals surface area contributed by atoms with Crippen LogP contribution in [0.4, 0.5) is 10.8 Å². The average molecular weight is 473 g/mol. The van der Waals surface area contributed by atoms with E-state index in [-0.39, 0.29) is 23.1 Å². The van der Waals surface area contributed by atoms with E-state index in [1.54, 1.807) is 16.3 Å². The second kappa shape index (κ2) is 9.18. The zero-order valence-corrected chi connectivity index (χ0v) is 19.4. The summed E-state index contributed by atoms with van der Waals surface area (Å²) in [5.41, 5.74) is 3.65. The van der Waals surface area contributed by atoms with Crippen LogP contribution >= 0.6 is 22.9 Å². The van der Waals surface area contributed by atoms with Crippen LogP contribution in [0.2, 0.25) is 5.02 Å². The van der Waals surface area contributed by atoms with Crippen LogP contribution in [0.3, 0.4) is 0 Å². The number of aryl methyl sites for hydroxylation is 2. The van der Waals surface area contributed by atoms with Crippen LogP contribution in [-0.2, 0) is 16.1 Å². The minimum Gasteiger partial charge on any atom is -0.486 e. The van der Waals surface area contributed by atoms with Crippen molar-refractivity contribution < 1.29 is 23.8 Å². The summed E-state index contributed by atoms with van der Waals surface area (Å²) >= 11 is 7.50.